The number of ether oxygens (including phenoxy) is 2. The number of anilines is 1. The molecule has 1 saturated heterocycles. The third kappa shape index (κ3) is 5.78. The molecule has 9 heteroatoms. The van der Waals surface area contributed by atoms with Crippen LogP contribution < -0.4 is 9.64 Å². The molecule has 210 valence electrons. The molecule has 0 saturated carbocycles. The largest absolute Gasteiger partial charge is 0.496 e. The second-order valence-electron chi connectivity index (χ2n) is 12.1. The van der Waals surface area contributed by atoms with E-state index in [9.17, 15) is 4.79 Å². The lowest BCUT2D eigenvalue weighted by Gasteiger charge is -2.51. The number of aromatic nitrogens is 4. The lowest BCUT2D eigenvalue weighted by Crippen LogP contribution is -2.59. The normalized spacial score (nSPS) is 19.5. The highest BCUT2D eigenvalue weighted by Crippen LogP contribution is 2.37. The van der Waals surface area contributed by atoms with Crippen LogP contribution in [0, 0.1) is 12.8 Å². The number of benzene rings is 1. The molecule has 2 aromatic heterocycles. The predicted octanol–water partition coefficient (Wildman–Crippen LogP) is 5.66. The van der Waals surface area contributed by atoms with E-state index < -0.39 is 11.7 Å². The standard InChI is InChI=1S/C30H42N6O3/c1-19-25(15-16-34(8)30(19,6)7)35(9)27-14-13-24(31-32-27)22-12-11-21(17-26(22)38-10)23-18-36(33-20(23)2)28(37)39-29(3,4)5/h11-14,17-19,25H,15-16H2,1-10H3. The summed E-state index contributed by atoms with van der Waals surface area (Å²) in [5, 5.41) is 13.5. The first-order valence-corrected chi connectivity index (χ1v) is 13.5. The Morgan fingerprint density at radius 2 is 1.85 bits per heavy atom. The highest BCUT2D eigenvalue weighted by molar-refractivity contribution is 5.78. The van der Waals surface area contributed by atoms with E-state index in [0.717, 1.165) is 41.2 Å². The first kappa shape index (κ1) is 28.5. The zero-order valence-corrected chi connectivity index (χ0v) is 24.9. The molecule has 1 aliphatic heterocycles. The van der Waals surface area contributed by atoms with Gasteiger partial charge < -0.3 is 19.3 Å². The summed E-state index contributed by atoms with van der Waals surface area (Å²) < 4.78 is 12.4. The summed E-state index contributed by atoms with van der Waals surface area (Å²) in [6, 6.07) is 10.3. The maximum Gasteiger partial charge on any atom is 0.435 e. The molecule has 1 aliphatic rings. The van der Waals surface area contributed by atoms with Crippen LogP contribution >= 0.6 is 0 Å². The molecule has 1 fully saturated rings. The fourth-order valence-electron chi connectivity index (χ4n) is 5.25. The van der Waals surface area contributed by atoms with Crippen LogP contribution in [0.15, 0.2) is 36.5 Å². The number of methoxy groups -OCH3 is 1. The van der Waals surface area contributed by atoms with Crippen LogP contribution in [0.5, 0.6) is 5.75 Å². The van der Waals surface area contributed by atoms with E-state index in [2.05, 4.69) is 60.0 Å². The monoisotopic (exact) mass is 534 g/mol. The number of carbonyl (C=O) groups excluding carboxylic acids is 1. The minimum atomic E-state index is -0.602. The van der Waals surface area contributed by atoms with Crippen LogP contribution in [0.4, 0.5) is 10.6 Å². The average Bonchev–Trinajstić information content (AvgIpc) is 3.28. The van der Waals surface area contributed by atoms with Crippen molar-refractivity contribution in [2.45, 2.75) is 72.1 Å². The predicted molar refractivity (Wildman–Crippen MR) is 154 cm³/mol. The molecule has 0 amide bonds. The SMILES string of the molecule is COc1cc(-c2cn(C(=O)OC(C)(C)C)nc2C)ccc1-c1ccc(N(C)C2CCN(C)C(C)(C)C2C)nn1. The number of hydrogen-bond acceptors (Lipinski definition) is 8. The van der Waals surface area contributed by atoms with Crippen LogP contribution in [-0.2, 0) is 4.74 Å². The number of rotatable bonds is 5. The third-order valence-corrected chi connectivity index (χ3v) is 8.21. The summed E-state index contributed by atoms with van der Waals surface area (Å²) in [7, 11) is 5.95. The summed E-state index contributed by atoms with van der Waals surface area (Å²) >= 11 is 0. The quantitative estimate of drug-likeness (QED) is 0.414. The van der Waals surface area contributed by atoms with Gasteiger partial charge in [-0.1, -0.05) is 13.0 Å². The van der Waals surface area contributed by atoms with E-state index in [1.807, 2.05) is 58.0 Å². The second kappa shape index (κ2) is 10.6. The van der Waals surface area contributed by atoms with Gasteiger partial charge in [-0.25, -0.2) is 4.79 Å². The molecule has 1 aromatic carbocycles. The van der Waals surface area contributed by atoms with Crippen molar-refractivity contribution in [2.75, 3.05) is 32.6 Å². The van der Waals surface area contributed by atoms with Gasteiger partial charge in [0.2, 0.25) is 0 Å². The summed E-state index contributed by atoms with van der Waals surface area (Å²) in [5.74, 6) is 1.99. The van der Waals surface area contributed by atoms with E-state index >= 15 is 0 Å². The molecule has 0 radical (unpaired) electrons. The van der Waals surface area contributed by atoms with Gasteiger partial charge in [0.1, 0.15) is 11.4 Å². The Bertz CT molecular complexity index is 1330. The highest BCUT2D eigenvalue weighted by atomic mass is 16.6. The van der Waals surface area contributed by atoms with Gasteiger partial charge in [0.15, 0.2) is 5.82 Å². The van der Waals surface area contributed by atoms with E-state index in [1.54, 1.807) is 13.3 Å². The molecule has 0 spiro atoms. The minimum Gasteiger partial charge on any atom is -0.496 e. The Morgan fingerprint density at radius 3 is 2.46 bits per heavy atom. The molecule has 2 unspecified atom stereocenters. The van der Waals surface area contributed by atoms with Crippen molar-refractivity contribution in [1.82, 2.24) is 24.9 Å². The lowest BCUT2D eigenvalue weighted by molar-refractivity contribution is 0.0391. The molecular formula is C30H42N6O3. The van der Waals surface area contributed by atoms with Crippen molar-refractivity contribution in [3.05, 3.63) is 42.2 Å². The topological polar surface area (TPSA) is 85.6 Å². The van der Waals surface area contributed by atoms with Gasteiger partial charge in [-0.2, -0.15) is 9.78 Å². The summed E-state index contributed by atoms with van der Waals surface area (Å²) in [6.45, 7) is 15.4. The lowest BCUT2D eigenvalue weighted by atomic mass is 9.77. The van der Waals surface area contributed by atoms with Gasteiger partial charge in [-0.05, 0) is 90.8 Å². The molecule has 0 N–H and O–H groups in total. The fraction of sp³-hybridized carbons (Fsp3) is 0.533. The highest BCUT2D eigenvalue weighted by Gasteiger charge is 2.41. The Balaban J connectivity index is 1.56. The minimum absolute atomic E-state index is 0.113. The molecule has 3 heterocycles. The van der Waals surface area contributed by atoms with Gasteiger partial charge in [0.05, 0.1) is 18.5 Å². The zero-order chi connectivity index (χ0) is 28.7. The molecule has 39 heavy (non-hydrogen) atoms. The number of piperidine rings is 1. The first-order chi connectivity index (χ1) is 18.2. The van der Waals surface area contributed by atoms with Crippen molar-refractivity contribution in [3.63, 3.8) is 0 Å². The number of carbonyl (C=O) groups is 1. The molecule has 2 atom stereocenters. The van der Waals surface area contributed by atoms with Gasteiger partial charge in [0.25, 0.3) is 0 Å². The Kier molecular flexibility index (Phi) is 7.76. The number of hydrogen-bond donors (Lipinski definition) is 0. The van der Waals surface area contributed by atoms with E-state index in [-0.39, 0.29) is 5.54 Å². The van der Waals surface area contributed by atoms with Crippen LogP contribution in [0.1, 0.15) is 53.7 Å². The van der Waals surface area contributed by atoms with E-state index in [1.165, 1.54) is 4.68 Å². The van der Waals surface area contributed by atoms with Crippen molar-refractivity contribution in [3.8, 4) is 28.1 Å². The van der Waals surface area contributed by atoms with Crippen molar-refractivity contribution in [1.29, 1.82) is 0 Å². The van der Waals surface area contributed by atoms with Crippen molar-refractivity contribution in [2.24, 2.45) is 5.92 Å². The Hall–Kier alpha value is -3.46. The van der Waals surface area contributed by atoms with Gasteiger partial charge in [-0.3, -0.25) is 0 Å². The van der Waals surface area contributed by atoms with Crippen LogP contribution in [0.25, 0.3) is 22.4 Å². The fourth-order valence-corrected chi connectivity index (χ4v) is 5.25. The smallest absolute Gasteiger partial charge is 0.435 e. The van der Waals surface area contributed by atoms with Crippen molar-refractivity contribution < 1.29 is 14.3 Å². The Morgan fingerprint density at radius 1 is 1.13 bits per heavy atom. The molecule has 0 aliphatic carbocycles. The van der Waals surface area contributed by atoms with Crippen LogP contribution in [0.3, 0.4) is 0 Å². The molecule has 0 bridgehead atoms. The number of nitrogens with zero attached hydrogens (tertiary/aromatic N) is 6. The Labute approximate surface area is 232 Å². The van der Waals surface area contributed by atoms with Crippen LogP contribution in [-0.4, -0.2) is 75.9 Å². The van der Waals surface area contributed by atoms with Gasteiger partial charge >= 0.3 is 6.09 Å². The first-order valence-electron chi connectivity index (χ1n) is 13.5. The van der Waals surface area contributed by atoms with E-state index in [0.29, 0.717) is 23.4 Å². The average molecular weight is 535 g/mol. The third-order valence-electron chi connectivity index (χ3n) is 8.21. The van der Waals surface area contributed by atoms with Crippen LogP contribution in [0.2, 0.25) is 0 Å². The zero-order valence-electron chi connectivity index (χ0n) is 24.9. The van der Waals surface area contributed by atoms with E-state index in [4.69, 9.17) is 9.47 Å². The summed E-state index contributed by atoms with van der Waals surface area (Å²) in [4.78, 5) is 17.2. The van der Waals surface area contributed by atoms with Gasteiger partial charge in [0, 0.05) is 42.5 Å². The maximum atomic E-state index is 12.5. The van der Waals surface area contributed by atoms with Gasteiger partial charge in [-0.15, -0.1) is 10.2 Å². The number of likely N-dealkylation sites (tertiary alicyclic amines) is 1. The molecule has 9 nitrogen and oxygen atoms in total. The summed E-state index contributed by atoms with van der Waals surface area (Å²) in [6.07, 6.45) is 2.26. The maximum absolute atomic E-state index is 12.5. The summed E-state index contributed by atoms with van der Waals surface area (Å²) in [5.41, 5.74) is 3.50. The molecule has 3 aromatic rings. The molecular weight excluding hydrogens is 492 g/mol. The molecule has 4 rings (SSSR count). The van der Waals surface area contributed by atoms with Crippen molar-refractivity contribution >= 4 is 11.9 Å². The second-order valence-corrected chi connectivity index (χ2v) is 12.1. The number of aryl methyl sites for hydroxylation is 1.